The molecule has 1 atom stereocenters. The molecular formula is C15H14FNO4. The van der Waals surface area contributed by atoms with Crippen LogP contribution >= 0.6 is 0 Å². The van der Waals surface area contributed by atoms with Gasteiger partial charge in [0.1, 0.15) is 0 Å². The molecule has 0 spiro atoms. The predicted molar refractivity (Wildman–Crippen MR) is 74.1 cm³/mol. The number of nitrogens with zero attached hydrogens (tertiary/aromatic N) is 1. The molecule has 21 heavy (non-hydrogen) atoms. The smallest absolute Gasteiger partial charge is 0.333 e. The molecule has 0 radical (unpaired) electrons. The van der Waals surface area contributed by atoms with Crippen LogP contribution in [0.25, 0.3) is 10.8 Å². The van der Waals surface area contributed by atoms with Gasteiger partial charge in [0.25, 0.3) is 5.91 Å². The van der Waals surface area contributed by atoms with E-state index in [0.29, 0.717) is 5.39 Å². The number of hydrogen-bond donors (Lipinski definition) is 1. The van der Waals surface area contributed by atoms with Gasteiger partial charge < -0.3 is 9.84 Å². The number of carbonyl (C=O) groups is 2. The largest absolute Gasteiger partial charge is 0.467 e. The van der Waals surface area contributed by atoms with Crippen molar-refractivity contribution < 1.29 is 23.9 Å². The molecular weight excluding hydrogens is 277 g/mol. The molecule has 0 heterocycles. The number of ether oxygens (including phenoxy) is 1. The van der Waals surface area contributed by atoms with Crippen molar-refractivity contribution in [1.29, 1.82) is 0 Å². The van der Waals surface area contributed by atoms with Crippen molar-refractivity contribution in [2.45, 2.75) is 6.04 Å². The summed E-state index contributed by atoms with van der Waals surface area (Å²) in [6, 6.07) is 10.2. The monoisotopic (exact) mass is 291 g/mol. The number of carbonyl (C=O) groups excluding carboxylic acids is 2. The van der Waals surface area contributed by atoms with Gasteiger partial charge in [-0.1, -0.05) is 40.9 Å². The summed E-state index contributed by atoms with van der Waals surface area (Å²) >= 11 is 0. The molecule has 2 aromatic rings. The van der Waals surface area contributed by atoms with Crippen LogP contribution in [0.4, 0.5) is 4.48 Å². The summed E-state index contributed by atoms with van der Waals surface area (Å²) in [7, 11) is 1.06. The number of hydrogen-bond acceptors (Lipinski definition) is 4. The van der Waals surface area contributed by atoms with Crippen LogP contribution in [-0.4, -0.2) is 41.9 Å². The third-order valence-corrected chi connectivity index (χ3v) is 3.13. The molecule has 5 nitrogen and oxygen atoms in total. The van der Waals surface area contributed by atoms with Gasteiger partial charge in [-0.25, -0.2) is 4.79 Å². The van der Waals surface area contributed by atoms with Crippen molar-refractivity contribution >= 4 is 22.6 Å². The second-order valence-electron chi connectivity index (χ2n) is 4.36. The average Bonchev–Trinajstić information content (AvgIpc) is 2.53. The normalized spacial score (nSPS) is 12.0. The zero-order valence-corrected chi connectivity index (χ0v) is 11.3. The topological polar surface area (TPSA) is 66.8 Å². The van der Waals surface area contributed by atoms with Gasteiger partial charge in [0.2, 0.25) is 0 Å². The fraction of sp³-hybridized carbons (Fsp3) is 0.200. The minimum atomic E-state index is -1.68. The third kappa shape index (κ3) is 2.85. The highest BCUT2D eigenvalue weighted by Crippen LogP contribution is 2.21. The van der Waals surface area contributed by atoms with Crippen molar-refractivity contribution in [3.63, 3.8) is 0 Å². The number of aliphatic hydroxyl groups excluding tert-OH is 1. The average molecular weight is 291 g/mol. The number of fused-ring (bicyclic) bond motifs is 1. The Kier molecular flexibility index (Phi) is 4.49. The van der Waals surface area contributed by atoms with Gasteiger partial charge in [-0.15, -0.1) is 0 Å². The molecule has 110 valence electrons. The second-order valence-corrected chi connectivity index (χ2v) is 4.36. The van der Waals surface area contributed by atoms with Crippen molar-refractivity contribution in [1.82, 2.24) is 5.12 Å². The molecule has 1 N–H and O–H groups in total. The molecule has 0 aliphatic heterocycles. The Bertz CT molecular complexity index is 668. The van der Waals surface area contributed by atoms with E-state index in [0.717, 1.165) is 12.5 Å². The minimum Gasteiger partial charge on any atom is -0.467 e. The summed E-state index contributed by atoms with van der Waals surface area (Å²) in [4.78, 5) is 23.6. The van der Waals surface area contributed by atoms with E-state index in [1.807, 2.05) is 0 Å². The molecule has 0 aromatic heterocycles. The highest BCUT2D eigenvalue weighted by molar-refractivity contribution is 6.07. The Labute approximate surface area is 120 Å². The van der Waals surface area contributed by atoms with Gasteiger partial charge in [-0.3, -0.25) is 4.79 Å². The van der Waals surface area contributed by atoms with Gasteiger partial charge in [0.05, 0.1) is 13.7 Å². The standard InChI is InChI=1S/C15H14FNO4/c1-21-15(20)13(9-18)17(16)14(19)12-8-4-6-10-5-2-3-7-11(10)12/h2-8,13,18H,9H2,1H3. The molecule has 2 aromatic carbocycles. The SMILES string of the molecule is COC(=O)C(CO)N(F)C(=O)c1cccc2ccccc12. The number of benzene rings is 2. The van der Waals surface area contributed by atoms with E-state index in [-0.39, 0.29) is 10.7 Å². The van der Waals surface area contributed by atoms with E-state index in [9.17, 15) is 14.1 Å². The highest BCUT2D eigenvalue weighted by Gasteiger charge is 2.32. The Balaban J connectivity index is 2.40. The van der Waals surface area contributed by atoms with E-state index in [1.54, 1.807) is 36.4 Å². The van der Waals surface area contributed by atoms with E-state index < -0.39 is 24.5 Å². The molecule has 0 saturated carbocycles. The lowest BCUT2D eigenvalue weighted by atomic mass is 10.0. The summed E-state index contributed by atoms with van der Waals surface area (Å²) in [6.45, 7) is -0.861. The lowest BCUT2D eigenvalue weighted by Crippen LogP contribution is -2.43. The van der Waals surface area contributed by atoms with Gasteiger partial charge in [-0.2, -0.15) is 5.12 Å². The van der Waals surface area contributed by atoms with E-state index in [4.69, 9.17) is 5.11 Å². The first-order valence-corrected chi connectivity index (χ1v) is 6.26. The quantitative estimate of drug-likeness (QED) is 0.688. The van der Waals surface area contributed by atoms with Crippen LogP contribution < -0.4 is 0 Å². The lowest BCUT2D eigenvalue weighted by Gasteiger charge is -2.20. The Hall–Kier alpha value is -2.47. The lowest BCUT2D eigenvalue weighted by molar-refractivity contribution is -0.153. The zero-order chi connectivity index (χ0) is 15.4. The van der Waals surface area contributed by atoms with Crippen molar-refractivity contribution in [2.75, 3.05) is 13.7 Å². The van der Waals surface area contributed by atoms with Gasteiger partial charge in [0.15, 0.2) is 6.04 Å². The fourth-order valence-electron chi connectivity index (χ4n) is 2.04. The first-order chi connectivity index (χ1) is 10.1. The maximum atomic E-state index is 14.1. The summed E-state index contributed by atoms with van der Waals surface area (Å²) in [5.41, 5.74) is 0.109. The first-order valence-electron chi connectivity index (χ1n) is 6.26. The van der Waals surface area contributed by atoms with E-state index >= 15 is 0 Å². The molecule has 6 heteroatoms. The summed E-state index contributed by atoms with van der Waals surface area (Å²) in [6.07, 6.45) is 0. The Morgan fingerprint density at radius 3 is 2.57 bits per heavy atom. The number of methoxy groups -OCH3 is 1. The molecule has 1 amide bonds. The molecule has 0 saturated heterocycles. The molecule has 0 aliphatic rings. The van der Waals surface area contributed by atoms with Crippen LogP contribution in [0, 0.1) is 0 Å². The van der Waals surface area contributed by atoms with Gasteiger partial charge in [-0.05, 0) is 16.8 Å². The minimum absolute atomic E-state index is 0.109. The Morgan fingerprint density at radius 2 is 1.90 bits per heavy atom. The van der Waals surface area contributed by atoms with Crippen LogP contribution in [0.2, 0.25) is 0 Å². The van der Waals surface area contributed by atoms with Crippen LogP contribution in [0.5, 0.6) is 0 Å². The van der Waals surface area contributed by atoms with Gasteiger partial charge >= 0.3 is 5.97 Å². The number of rotatable bonds is 4. The maximum Gasteiger partial charge on any atom is 0.333 e. The number of esters is 1. The number of aliphatic hydroxyl groups is 1. The van der Waals surface area contributed by atoms with Crippen LogP contribution in [-0.2, 0) is 9.53 Å². The van der Waals surface area contributed by atoms with Crippen molar-refractivity contribution in [3.8, 4) is 0 Å². The molecule has 0 bridgehead atoms. The molecule has 0 aliphatic carbocycles. The van der Waals surface area contributed by atoms with Crippen molar-refractivity contribution in [2.24, 2.45) is 0 Å². The second kappa shape index (κ2) is 6.32. The van der Waals surface area contributed by atoms with Crippen LogP contribution in [0.15, 0.2) is 42.5 Å². The summed E-state index contributed by atoms with van der Waals surface area (Å²) < 4.78 is 18.5. The molecule has 1 unspecified atom stereocenters. The molecule has 2 rings (SSSR count). The Morgan fingerprint density at radius 1 is 1.24 bits per heavy atom. The summed E-state index contributed by atoms with van der Waals surface area (Å²) in [5.74, 6) is -2.02. The zero-order valence-electron chi connectivity index (χ0n) is 11.3. The highest BCUT2D eigenvalue weighted by atomic mass is 19.2. The number of halogens is 1. The summed E-state index contributed by atoms with van der Waals surface area (Å²) in [5, 5.41) is 10.1. The fourth-order valence-corrected chi connectivity index (χ4v) is 2.04. The number of amides is 1. The van der Waals surface area contributed by atoms with Crippen molar-refractivity contribution in [3.05, 3.63) is 48.0 Å². The maximum absolute atomic E-state index is 14.1. The third-order valence-electron chi connectivity index (χ3n) is 3.13. The molecule has 0 fully saturated rings. The van der Waals surface area contributed by atoms with Crippen LogP contribution in [0.1, 0.15) is 10.4 Å². The van der Waals surface area contributed by atoms with Gasteiger partial charge in [0, 0.05) is 5.56 Å². The predicted octanol–water partition coefficient (Wildman–Crippen LogP) is 1.70. The van der Waals surface area contributed by atoms with E-state index in [2.05, 4.69) is 4.74 Å². The first kappa shape index (κ1) is 14.9. The van der Waals surface area contributed by atoms with Crippen LogP contribution in [0.3, 0.4) is 0 Å². The van der Waals surface area contributed by atoms with E-state index in [1.165, 1.54) is 6.07 Å².